The fourth-order valence-corrected chi connectivity index (χ4v) is 8.86. The van der Waals surface area contributed by atoms with Crippen LogP contribution in [0.25, 0.3) is 0 Å². The van der Waals surface area contributed by atoms with Crippen LogP contribution in [0.2, 0.25) is 0 Å². The quantitative estimate of drug-likeness (QED) is 0.0321. The molecule has 0 fully saturated rings. The molecule has 66 heavy (non-hydrogen) atoms. The molecule has 2 atom stereocenters. The Morgan fingerprint density at radius 1 is 0.409 bits per heavy atom. The van der Waals surface area contributed by atoms with Crippen molar-refractivity contribution in [3.05, 3.63) is 36.5 Å². The van der Waals surface area contributed by atoms with Crippen LogP contribution in [0.4, 0.5) is 0 Å². The molecule has 1 amide bonds. The van der Waals surface area contributed by atoms with Crippen molar-refractivity contribution < 1.29 is 24.5 Å². The van der Waals surface area contributed by atoms with Crippen molar-refractivity contribution in [3.63, 3.8) is 0 Å². The minimum atomic E-state index is -0.843. The van der Waals surface area contributed by atoms with Gasteiger partial charge in [-0.3, -0.25) is 9.59 Å². The van der Waals surface area contributed by atoms with Crippen LogP contribution in [0.5, 0.6) is 0 Å². The molecule has 0 saturated carbocycles. The number of rotatable bonds is 54. The average Bonchev–Trinajstić information content (AvgIpc) is 3.32. The summed E-state index contributed by atoms with van der Waals surface area (Å²) in [5.41, 5.74) is 0. The van der Waals surface area contributed by atoms with Crippen LogP contribution in [0.3, 0.4) is 0 Å². The van der Waals surface area contributed by atoms with E-state index in [1.165, 1.54) is 238 Å². The van der Waals surface area contributed by atoms with Crippen LogP contribution in [0.1, 0.15) is 309 Å². The van der Waals surface area contributed by atoms with Crippen molar-refractivity contribution in [2.24, 2.45) is 0 Å². The van der Waals surface area contributed by atoms with Crippen LogP contribution < -0.4 is 5.32 Å². The van der Waals surface area contributed by atoms with Gasteiger partial charge in [-0.15, -0.1) is 0 Å². The van der Waals surface area contributed by atoms with E-state index in [0.29, 0.717) is 19.4 Å². The van der Waals surface area contributed by atoms with Crippen LogP contribution in [0.15, 0.2) is 36.5 Å². The van der Waals surface area contributed by atoms with Gasteiger partial charge in [0, 0.05) is 12.8 Å². The highest BCUT2D eigenvalue weighted by molar-refractivity contribution is 5.76. The summed E-state index contributed by atoms with van der Waals surface area (Å²) in [6.45, 7) is 4.86. The van der Waals surface area contributed by atoms with Crippen molar-refractivity contribution in [1.29, 1.82) is 0 Å². The third-order valence-electron chi connectivity index (χ3n) is 13.4. The molecular formula is C60H113NO5. The lowest BCUT2D eigenvalue weighted by molar-refractivity contribution is -0.143. The van der Waals surface area contributed by atoms with E-state index in [-0.39, 0.29) is 18.5 Å². The number of amides is 1. The van der Waals surface area contributed by atoms with Crippen LogP contribution in [0, 0.1) is 0 Å². The van der Waals surface area contributed by atoms with Crippen molar-refractivity contribution >= 4 is 11.9 Å². The molecule has 6 nitrogen and oxygen atoms in total. The molecule has 0 aliphatic heterocycles. The first-order valence-electron chi connectivity index (χ1n) is 29.3. The first-order valence-corrected chi connectivity index (χ1v) is 29.3. The summed E-state index contributed by atoms with van der Waals surface area (Å²) in [6.07, 6.45) is 69.0. The maximum atomic E-state index is 12.4. The second-order valence-electron chi connectivity index (χ2n) is 20.0. The van der Waals surface area contributed by atoms with Crippen LogP contribution in [-0.4, -0.2) is 47.4 Å². The van der Waals surface area contributed by atoms with Gasteiger partial charge in [-0.2, -0.15) is 0 Å². The number of hydrogen-bond donors (Lipinski definition) is 3. The third-order valence-corrected chi connectivity index (χ3v) is 13.4. The lowest BCUT2D eigenvalue weighted by Gasteiger charge is -2.20. The van der Waals surface area contributed by atoms with Gasteiger partial charge < -0.3 is 20.3 Å². The molecule has 0 aromatic heterocycles. The topological polar surface area (TPSA) is 95.9 Å². The molecule has 0 bridgehead atoms. The number of hydrogen-bond acceptors (Lipinski definition) is 5. The lowest BCUT2D eigenvalue weighted by Crippen LogP contribution is -2.45. The number of nitrogens with one attached hydrogen (secondary N) is 1. The number of ether oxygens (including phenoxy) is 1. The monoisotopic (exact) mass is 928 g/mol. The second kappa shape index (κ2) is 55.7. The fraction of sp³-hybridized carbons (Fsp3) is 0.867. The van der Waals surface area contributed by atoms with E-state index in [2.05, 4.69) is 43.5 Å². The van der Waals surface area contributed by atoms with Gasteiger partial charge in [0.1, 0.15) is 0 Å². The number of carbonyl (C=O) groups excluding carboxylic acids is 2. The summed E-state index contributed by atoms with van der Waals surface area (Å²) in [5.74, 6) is -0.0665. The largest absolute Gasteiger partial charge is 0.466 e. The Bertz CT molecular complexity index is 1070. The van der Waals surface area contributed by atoms with Crippen LogP contribution in [-0.2, 0) is 14.3 Å². The van der Waals surface area contributed by atoms with E-state index >= 15 is 0 Å². The molecule has 0 radical (unpaired) electrons. The molecule has 0 spiro atoms. The Balaban J connectivity index is 3.38. The zero-order valence-electron chi connectivity index (χ0n) is 44.2. The van der Waals surface area contributed by atoms with E-state index in [4.69, 9.17) is 4.74 Å². The van der Waals surface area contributed by atoms with E-state index in [1.807, 2.05) is 6.08 Å². The zero-order valence-corrected chi connectivity index (χ0v) is 44.2. The maximum absolute atomic E-state index is 12.4. The number of aliphatic hydroxyl groups excluding tert-OH is 2. The molecule has 3 N–H and O–H groups in total. The Morgan fingerprint density at radius 2 is 0.712 bits per heavy atom. The molecule has 0 rings (SSSR count). The second-order valence-corrected chi connectivity index (χ2v) is 20.0. The van der Waals surface area contributed by atoms with Crippen molar-refractivity contribution in [1.82, 2.24) is 5.32 Å². The number of carbonyl (C=O) groups is 2. The fourth-order valence-electron chi connectivity index (χ4n) is 8.86. The molecular weight excluding hydrogens is 815 g/mol. The molecule has 0 aromatic rings. The third kappa shape index (κ3) is 51.5. The highest BCUT2D eigenvalue weighted by atomic mass is 16.5. The summed E-state index contributed by atoms with van der Waals surface area (Å²) in [7, 11) is 0. The van der Waals surface area contributed by atoms with E-state index < -0.39 is 12.1 Å². The predicted molar refractivity (Wildman–Crippen MR) is 287 cm³/mol. The van der Waals surface area contributed by atoms with E-state index in [9.17, 15) is 19.8 Å². The first-order chi connectivity index (χ1) is 32.5. The van der Waals surface area contributed by atoms with Crippen molar-refractivity contribution in [2.75, 3.05) is 13.2 Å². The number of esters is 1. The van der Waals surface area contributed by atoms with Gasteiger partial charge >= 0.3 is 5.97 Å². The number of allylic oxidation sites excluding steroid dienone is 5. The van der Waals surface area contributed by atoms with Gasteiger partial charge in [-0.1, -0.05) is 249 Å². The SMILES string of the molecule is CCCCC/C=C\CCCCCCCC(=O)OCCCCCCCCCCCCCC/C=C\CCCCCCCCCCCCCC(=O)NC(CO)C(O)/C=C/CCCCCCCCCC. The standard InChI is InChI=1S/C60H113NO5/c1-3-5-7-9-11-13-15-34-38-42-46-50-54-60(65)66-55-51-47-43-39-35-32-30-28-26-24-22-20-18-16-17-19-21-23-25-27-29-31-33-37-41-45-49-53-59(64)61-57(56-62)58(63)52-48-44-40-36-14-12-10-8-6-4-2/h11,13,16-17,48,52,57-58,62-63H,3-10,12,14-15,18-47,49-51,53-56H2,1-2H3,(H,61,64)/b13-11-,17-16-,52-48+. The Morgan fingerprint density at radius 3 is 1.11 bits per heavy atom. The molecule has 388 valence electrons. The first kappa shape index (κ1) is 64.1. The maximum Gasteiger partial charge on any atom is 0.305 e. The Labute approximate surface area is 411 Å². The summed E-state index contributed by atoms with van der Waals surface area (Å²) in [6, 6.07) is -0.626. The molecule has 0 saturated heterocycles. The Hall–Kier alpha value is -1.92. The molecule has 2 unspecified atom stereocenters. The predicted octanol–water partition coefficient (Wildman–Crippen LogP) is 18.0. The van der Waals surface area contributed by atoms with Crippen molar-refractivity contribution in [2.45, 2.75) is 321 Å². The van der Waals surface area contributed by atoms with Gasteiger partial charge in [0.15, 0.2) is 0 Å². The van der Waals surface area contributed by atoms with Gasteiger partial charge in [-0.25, -0.2) is 0 Å². The summed E-state index contributed by atoms with van der Waals surface area (Å²) < 4.78 is 5.46. The zero-order chi connectivity index (χ0) is 47.9. The average molecular weight is 929 g/mol. The summed E-state index contributed by atoms with van der Waals surface area (Å²) >= 11 is 0. The number of aliphatic hydroxyl groups is 2. The normalized spacial score (nSPS) is 12.8. The van der Waals surface area contributed by atoms with Gasteiger partial charge in [0.05, 0.1) is 25.4 Å². The van der Waals surface area contributed by atoms with Gasteiger partial charge in [0.2, 0.25) is 5.91 Å². The minimum absolute atomic E-state index is 0.00416. The molecule has 0 aliphatic carbocycles. The summed E-state index contributed by atoms with van der Waals surface area (Å²) in [5, 5.41) is 23.0. The van der Waals surface area contributed by atoms with Crippen molar-refractivity contribution in [3.8, 4) is 0 Å². The smallest absolute Gasteiger partial charge is 0.305 e. The molecule has 0 aromatic carbocycles. The van der Waals surface area contributed by atoms with E-state index in [0.717, 1.165) is 44.9 Å². The molecule has 0 heterocycles. The van der Waals surface area contributed by atoms with Gasteiger partial charge in [0.25, 0.3) is 0 Å². The van der Waals surface area contributed by atoms with Crippen LogP contribution >= 0.6 is 0 Å². The summed E-state index contributed by atoms with van der Waals surface area (Å²) in [4.78, 5) is 24.4. The highest BCUT2D eigenvalue weighted by Crippen LogP contribution is 2.16. The van der Waals surface area contributed by atoms with Gasteiger partial charge in [-0.05, 0) is 83.5 Å². The Kier molecular flexibility index (Phi) is 54.1. The highest BCUT2D eigenvalue weighted by Gasteiger charge is 2.18. The lowest BCUT2D eigenvalue weighted by atomic mass is 10.0. The van der Waals surface area contributed by atoms with E-state index in [1.54, 1.807) is 6.08 Å². The molecule has 6 heteroatoms. The molecule has 0 aliphatic rings. The minimum Gasteiger partial charge on any atom is -0.466 e. The number of unbranched alkanes of at least 4 members (excludes halogenated alkanes) is 39.